The number of carbonyl (C=O) groups is 1. The monoisotopic (exact) mass is 429 g/mol. The Morgan fingerprint density at radius 1 is 1.48 bits per heavy atom. The van der Waals surface area contributed by atoms with Crippen molar-refractivity contribution in [1.82, 2.24) is 24.4 Å². The molecular weight excluding hydrogens is 406 g/mol. The number of amides is 1. The van der Waals surface area contributed by atoms with Crippen LogP contribution in [0.4, 0.5) is 0 Å². The van der Waals surface area contributed by atoms with Crippen LogP contribution in [0, 0.1) is 17.6 Å². The molecule has 0 radical (unpaired) electrons. The summed E-state index contributed by atoms with van der Waals surface area (Å²) in [7, 11) is -3.55. The Kier molecular flexibility index (Phi) is 6.14. The number of sulfonamides is 1. The third-order valence-electron chi connectivity index (χ3n) is 4.64. The maximum atomic E-state index is 12.8. The van der Waals surface area contributed by atoms with Crippen molar-refractivity contribution >= 4 is 39.5 Å². The number of aryl methyl sites for hydroxylation is 1. The van der Waals surface area contributed by atoms with Crippen molar-refractivity contribution < 1.29 is 13.2 Å². The first-order chi connectivity index (χ1) is 12.8. The number of aromatic amines is 1. The van der Waals surface area contributed by atoms with Gasteiger partial charge in [-0.3, -0.25) is 9.89 Å². The van der Waals surface area contributed by atoms with Crippen molar-refractivity contribution in [3.63, 3.8) is 0 Å². The maximum absolute atomic E-state index is 12.8. The highest BCUT2D eigenvalue weighted by Gasteiger charge is 2.34. The molecule has 0 bridgehead atoms. The van der Waals surface area contributed by atoms with Gasteiger partial charge < -0.3 is 9.88 Å². The van der Waals surface area contributed by atoms with Gasteiger partial charge in [0.25, 0.3) is 10.0 Å². The van der Waals surface area contributed by atoms with Crippen LogP contribution >= 0.6 is 23.6 Å². The van der Waals surface area contributed by atoms with Gasteiger partial charge in [0.2, 0.25) is 5.91 Å². The van der Waals surface area contributed by atoms with Crippen molar-refractivity contribution in [3.05, 3.63) is 27.6 Å². The highest BCUT2D eigenvalue weighted by atomic mass is 32.2. The number of H-pyrrole nitrogens is 1. The van der Waals surface area contributed by atoms with E-state index >= 15 is 0 Å². The standard InChI is InChI=1S/C16H23N5O3S3/c1-3-21-13(18-19-16(21)25)9-17-15(22)12-5-4-8-20(10-12)27(23,24)14-7-6-11(2)26-14/h6-7,12H,3-5,8-10H2,1-2H3,(H,17,22)(H,19,25). The molecule has 0 spiro atoms. The summed E-state index contributed by atoms with van der Waals surface area (Å²) in [5.74, 6) is 0.130. The Morgan fingerprint density at radius 3 is 2.93 bits per heavy atom. The fourth-order valence-corrected chi connectivity index (χ4v) is 6.42. The topological polar surface area (TPSA) is 100 Å². The average Bonchev–Trinajstić information content (AvgIpc) is 3.25. The van der Waals surface area contributed by atoms with Crippen molar-refractivity contribution in [3.8, 4) is 0 Å². The number of nitrogens with one attached hydrogen (secondary N) is 2. The molecule has 3 rings (SSSR count). The summed E-state index contributed by atoms with van der Waals surface area (Å²) >= 11 is 6.40. The Hall–Kier alpha value is -1.56. The first-order valence-corrected chi connectivity index (χ1v) is 11.5. The lowest BCUT2D eigenvalue weighted by atomic mass is 9.99. The van der Waals surface area contributed by atoms with E-state index in [-0.39, 0.29) is 24.9 Å². The lowest BCUT2D eigenvalue weighted by Crippen LogP contribution is -2.45. The smallest absolute Gasteiger partial charge is 0.252 e. The molecule has 11 heteroatoms. The molecule has 1 saturated heterocycles. The van der Waals surface area contributed by atoms with Crippen LogP contribution in [0.3, 0.4) is 0 Å². The lowest BCUT2D eigenvalue weighted by molar-refractivity contribution is -0.126. The van der Waals surface area contributed by atoms with E-state index in [1.54, 1.807) is 12.1 Å². The summed E-state index contributed by atoms with van der Waals surface area (Å²) in [5.41, 5.74) is 0. The zero-order valence-electron chi connectivity index (χ0n) is 15.3. The molecule has 1 fully saturated rings. The predicted molar refractivity (Wildman–Crippen MR) is 105 cm³/mol. The van der Waals surface area contributed by atoms with E-state index in [2.05, 4.69) is 15.5 Å². The van der Waals surface area contributed by atoms with Gasteiger partial charge in [0.05, 0.1) is 12.5 Å². The molecule has 27 heavy (non-hydrogen) atoms. The molecule has 2 aromatic heterocycles. The van der Waals surface area contributed by atoms with E-state index in [1.807, 2.05) is 18.4 Å². The molecule has 148 valence electrons. The zero-order chi connectivity index (χ0) is 19.6. The molecule has 1 aliphatic rings. The van der Waals surface area contributed by atoms with Gasteiger partial charge in [-0.1, -0.05) is 0 Å². The number of hydrogen-bond acceptors (Lipinski definition) is 6. The van der Waals surface area contributed by atoms with Gasteiger partial charge >= 0.3 is 0 Å². The third-order valence-corrected chi connectivity index (χ3v) is 8.28. The summed E-state index contributed by atoms with van der Waals surface area (Å²) in [6.07, 6.45) is 1.33. The van der Waals surface area contributed by atoms with Gasteiger partial charge in [0, 0.05) is 24.5 Å². The molecule has 3 heterocycles. The molecule has 0 saturated carbocycles. The van der Waals surface area contributed by atoms with Gasteiger partial charge in [0.1, 0.15) is 4.21 Å². The van der Waals surface area contributed by atoms with Crippen molar-refractivity contribution in [2.75, 3.05) is 13.1 Å². The summed E-state index contributed by atoms with van der Waals surface area (Å²) in [6.45, 7) is 5.39. The second-order valence-corrected chi connectivity index (χ2v) is 10.3. The highest BCUT2D eigenvalue weighted by molar-refractivity contribution is 7.91. The number of carbonyl (C=O) groups excluding carboxylic acids is 1. The predicted octanol–water partition coefficient (Wildman–Crippen LogP) is 2.05. The average molecular weight is 430 g/mol. The van der Waals surface area contributed by atoms with Gasteiger partial charge in [-0.05, 0) is 51.0 Å². The molecule has 1 amide bonds. The first-order valence-electron chi connectivity index (χ1n) is 8.81. The van der Waals surface area contributed by atoms with Crippen LogP contribution in [0.25, 0.3) is 0 Å². The Bertz CT molecular complexity index is 976. The molecule has 8 nitrogen and oxygen atoms in total. The quantitative estimate of drug-likeness (QED) is 0.685. The summed E-state index contributed by atoms with van der Waals surface area (Å²) < 4.78 is 29.7. The van der Waals surface area contributed by atoms with Crippen LogP contribution in [0.2, 0.25) is 0 Å². The van der Waals surface area contributed by atoms with Gasteiger partial charge in [-0.2, -0.15) is 9.40 Å². The van der Waals surface area contributed by atoms with E-state index in [0.717, 1.165) is 4.88 Å². The Balaban J connectivity index is 1.65. The van der Waals surface area contributed by atoms with Gasteiger partial charge in [-0.15, -0.1) is 11.3 Å². The largest absolute Gasteiger partial charge is 0.349 e. The number of hydrogen-bond donors (Lipinski definition) is 2. The Labute approximate surface area is 167 Å². The highest BCUT2D eigenvalue weighted by Crippen LogP contribution is 2.28. The van der Waals surface area contributed by atoms with E-state index in [9.17, 15) is 13.2 Å². The minimum Gasteiger partial charge on any atom is -0.349 e. The van der Waals surface area contributed by atoms with Crippen LogP contribution in [-0.4, -0.2) is 46.5 Å². The number of aromatic nitrogens is 3. The summed E-state index contributed by atoms with van der Waals surface area (Å²) in [6, 6.07) is 3.43. The third kappa shape index (κ3) is 4.31. The van der Waals surface area contributed by atoms with Crippen molar-refractivity contribution in [2.45, 2.75) is 44.0 Å². The first kappa shape index (κ1) is 20.2. The SMILES string of the molecule is CCn1c(CNC(=O)C2CCCN(S(=O)(=O)c3ccc(C)s3)C2)n[nH]c1=S. The van der Waals surface area contributed by atoms with Crippen molar-refractivity contribution in [2.24, 2.45) is 5.92 Å². The Morgan fingerprint density at radius 2 is 2.26 bits per heavy atom. The van der Waals surface area contributed by atoms with Crippen molar-refractivity contribution in [1.29, 1.82) is 0 Å². The van der Waals surface area contributed by atoms with E-state index < -0.39 is 10.0 Å². The zero-order valence-corrected chi connectivity index (χ0v) is 17.7. The fourth-order valence-electron chi connectivity index (χ4n) is 3.17. The van der Waals surface area contributed by atoms with Crippen LogP contribution < -0.4 is 5.32 Å². The summed E-state index contributed by atoms with van der Waals surface area (Å²) in [4.78, 5) is 13.5. The molecule has 0 aromatic carbocycles. The molecule has 1 aliphatic heterocycles. The minimum atomic E-state index is -3.55. The van der Waals surface area contributed by atoms with E-state index in [4.69, 9.17) is 12.2 Å². The number of rotatable bonds is 6. The molecule has 2 aromatic rings. The summed E-state index contributed by atoms with van der Waals surface area (Å²) in [5, 5.41) is 9.71. The van der Waals surface area contributed by atoms with Crippen LogP contribution in [-0.2, 0) is 27.9 Å². The van der Waals surface area contributed by atoms with E-state index in [1.165, 1.54) is 15.6 Å². The molecule has 0 aliphatic carbocycles. The van der Waals surface area contributed by atoms with Crippen LogP contribution in [0.1, 0.15) is 30.5 Å². The fraction of sp³-hybridized carbons (Fsp3) is 0.562. The molecule has 2 N–H and O–H groups in total. The minimum absolute atomic E-state index is 0.158. The molecular formula is C16H23N5O3S3. The number of piperidine rings is 1. The van der Waals surface area contributed by atoms with E-state index in [0.29, 0.717) is 40.7 Å². The second-order valence-electron chi connectivity index (χ2n) is 6.47. The van der Waals surface area contributed by atoms with Gasteiger partial charge in [-0.25, -0.2) is 8.42 Å². The maximum Gasteiger partial charge on any atom is 0.252 e. The lowest BCUT2D eigenvalue weighted by Gasteiger charge is -2.30. The number of nitrogens with zero attached hydrogens (tertiary/aromatic N) is 3. The molecule has 1 atom stereocenters. The normalized spacial score (nSPS) is 18.5. The van der Waals surface area contributed by atoms with Crippen LogP contribution in [0.5, 0.6) is 0 Å². The molecule has 1 unspecified atom stereocenters. The van der Waals surface area contributed by atoms with Crippen LogP contribution in [0.15, 0.2) is 16.3 Å². The second kappa shape index (κ2) is 8.21. The number of thiophene rings is 1. The van der Waals surface area contributed by atoms with Gasteiger partial charge in [0.15, 0.2) is 10.6 Å².